The van der Waals surface area contributed by atoms with Crippen LogP contribution in [0.25, 0.3) is 11.0 Å². The molecule has 7 heteroatoms. The zero-order valence-electron chi connectivity index (χ0n) is 17.1. The molecule has 0 aliphatic heterocycles. The highest BCUT2D eigenvalue weighted by molar-refractivity contribution is 5.78. The smallest absolute Gasteiger partial charge is 0.143 e. The molecule has 0 amide bonds. The predicted molar refractivity (Wildman–Crippen MR) is 110 cm³/mol. The first-order valence-corrected chi connectivity index (χ1v) is 10.6. The highest BCUT2D eigenvalue weighted by Gasteiger charge is 2.44. The first kappa shape index (κ1) is 19.5. The van der Waals surface area contributed by atoms with Gasteiger partial charge in [0.15, 0.2) is 0 Å². The Hall–Kier alpha value is -2.51. The van der Waals surface area contributed by atoms with Crippen molar-refractivity contribution in [3.63, 3.8) is 0 Å². The normalized spacial score (nSPS) is 28.6. The molecular formula is C23H26FN3O3. The second-order valence-corrected chi connectivity index (χ2v) is 8.59. The van der Waals surface area contributed by atoms with Gasteiger partial charge >= 0.3 is 0 Å². The maximum Gasteiger partial charge on any atom is 0.143 e. The number of aliphatic hydroxyl groups is 2. The summed E-state index contributed by atoms with van der Waals surface area (Å²) in [6, 6.07) is 4.66. The average molecular weight is 411 g/mol. The Bertz CT molecular complexity index is 1100. The van der Waals surface area contributed by atoms with Crippen LogP contribution in [-0.4, -0.2) is 43.1 Å². The molecule has 2 aliphatic carbocycles. The molecule has 1 fully saturated rings. The summed E-state index contributed by atoms with van der Waals surface area (Å²) in [7, 11) is 0. The van der Waals surface area contributed by atoms with Crippen molar-refractivity contribution in [3.8, 4) is 5.75 Å². The summed E-state index contributed by atoms with van der Waals surface area (Å²) in [6.07, 6.45) is 3.90. The van der Waals surface area contributed by atoms with E-state index in [-0.39, 0.29) is 17.8 Å². The van der Waals surface area contributed by atoms with Crippen LogP contribution in [0.1, 0.15) is 55.0 Å². The van der Waals surface area contributed by atoms with Crippen molar-refractivity contribution in [2.45, 2.75) is 69.8 Å². The second-order valence-electron chi connectivity index (χ2n) is 8.59. The van der Waals surface area contributed by atoms with Gasteiger partial charge in [0.1, 0.15) is 41.9 Å². The van der Waals surface area contributed by atoms with Gasteiger partial charge in [-0.25, -0.2) is 14.4 Å². The third-order valence-electron chi connectivity index (χ3n) is 6.76. The quantitative estimate of drug-likeness (QED) is 0.690. The second kappa shape index (κ2) is 7.32. The molecule has 0 spiro atoms. The molecule has 2 aliphatic rings. The van der Waals surface area contributed by atoms with Gasteiger partial charge in [0.2, 0.25) is 0 Å². The highest BCUT2D eigenvalue weighted by atomic mass is 19.1. The number of hydrogen-bond donors (Lipinski definition) is 2. The van der Waals surface area contributed by atoms with Crippen LogP contribution < -0.4 is 4.74 Å². The lowest BCUT2D eigenvalue weighted by atomic mass is 9.83. The number of halogens is 1. The Morgan fingerprint density at radius 1 is 1.17 bits per heavy atom. The predicted octanol–water partition coefficient (Wildman–Crippen LogP) is 3.43. The Morgan fingerprint density at radius 2 is 2.00 bits per heavy atom. The van der Waals surface area contributed by atoms with E-state index in [1.165, 1.54) is 12.4 Å². The Balaban J connectivity index is 1.45. The van der Waals surface area contributed by atoms with E-state index in [9.17, 15) is 14.6 Å². The summed E-state index contributed by atoms with van der Waals surface area (Å²) < 4.78 is 22.5. The van der Waals surface area contributed by atoms with Crippen LogP contribution in [0, 0.1) is 12.7 Å². The van der Waals surface area contributed by atoms with Gasteiger partial charge in [-0.15, -0.1) is 0 Å². The van der Waals surface area contributed by atoms with E-state index < -0.39 is 18.3 Å². The highest BCUT2D eigenvalue weighted by Crippen LogP contribution is 2.41. The summed E-state index contributed by atoms with van der Waals surface area (Å²) in [6.45, 7) is 3.95. The minimum absolute atomic E-state index is 0.151. The molecule has 0 radical (unpaired) electrons. The average Bonchev–Trinajstić information content (AvgIpc) is 3.27. The third kappa shape index (κ3) is 2.99. The van der Waals surface area contributed by atoms with Crippen molar-refractivity contribution < 1.29 is 19.3 Å². The van der Waals surface area contributed by atoms with Crippen molar-refractivity contribution >= 4 is 11.0 Å². The first-order valence-electron chi connectivity index (χ1n) is 10.6. The van der Waals surface area contributed by atoms with Crippen LogP contribution in [0.5, 0.6) is 5.75 Å². The standard InChI is InChI=1S/C23H26FN3O3/c1-12-4-3-5-15-18(7-6-16(24)20(12)15)30-19-10-17(21(28)22(19)29)27-9-8-14-13(2)25-11-26-23(14)27/h6-9,11-12,17,19,21-22,28-29H,3-5,10H2,1-2H3/t12-,17+,19-,21-,22+/m0/s1. The lowest BCUT2D eigenvalue weighted by Crippen LogP contribution is -2.34. The number of aliphatic hydroxyl groups excluding tert-OH is 2. The van der Waals surface area contributed by atoms with Gasteiger partial charge in [-0.3, -0.25) is 0 Å². The van der Waals surface area contributed by atoms with Crippen LogP contribution in [-0.2, 0) is 6.42 Å². The molecule has 3 aromatic rings. The number of benzene rings is 1. The number of aromatic nitrogens is 3. The van der Waals surface area contributed by atoms with Gasteiger partial charge in [-0.05, 0) is 55.9 Å². The van der Waals surface area contributed by atoms with E-state index in [2.05, 4.69) is 9.97 Å². The summed E-state index contributed by atoms with van der Waals surface area (Å²) >= 11 is 0. The molecule has 6 nitrogen and oxygen atoms in total. The molecule has 2 N–H and O–H groups in total. The van der Waals surface area contributed by atoms with Crippen molar-refractivity contribution in [1.82, 2.24) is 14.5 Å². The number of ether oxygens (including phenoxy) is 1. The SMILES string of the molecule is Cc1ncnc2c1ccn2[C@@H]1C[C@H](Oc2ccc(F)c3c2CCC[C@@H]3C)[C@@H](O)[C@H]1O. The van der Waals surface area contributed by atoms with E-state index in [0.717, 1.165) is 47.1 Å². The number of rotatable bonds is 3. The van der Waals surface area contributed by atoms with Crippen LogP contribution in [0.2, 0.25) is 0 Å². The van der Waals surface area contributed by atoms with Crippen LogP contribution in [0.15, 0.2) is 30.7 Å². The molecule has 5 atom stereocenters. The maximum absolute atomic E-state index is 14.4. The number of nitrogens with zero attached hydrogens (tertiary/aromatic N) is 3. The van der Waals surface area contributed by atoms with E-state index in [1.807, 2.05) is 30.7 Å². The van der Waals surface area contributed by atoms with Crippen LogP contribution in [0.4, 0.5) is 4.39 Å². The third-order valence-corrected chi connectivity index (χ3v) is 6.76. The lowest BCUT2D eigenvalue weighted by molar-refractivity contribution is -0.0166. The van der Waals surface area contributed by atoms with Gasteiger partial charge in [-0.1, -0.05) is 6.92 Å². The van der Waals surface area contributed by atoms with Crippen molar-refractivity contribution in [3.05, 3.63) is 53.4 Å². The molecule has 1 saturated carbocycles. The lowest BCUT2D eigenvalue weighted by Gasteiger charge is -2.27. The topological polar surface area (TPSA) is 80.4 Å². The van der Waals surface area contributed by atoms with Gasteiger partial charge in [0.05, 0.1) is 11.7 Å². The van der Waals surface area contributed by atoms with Gasteiger partial charge in [-0.2, -0.15) is 0 Å². The van der Waals surface area contributed by atoms with Gasteiger partial charge in [0.25, 0.3) is 0 Å². The summed E-state index contributed by atoms with van der Waals surface area (Å²) in [5.74, 6) is 0.576. The van der Waals surface area contributed by atoms with E-state index in [0.29, 0.717) is 12.2 Å². The van der Waals surface area contributed by atoms with E-state index in [4.69, 9.17) is 4.74 Å². The number of aryl methyl sites for hydroxylation is 1. The van der Waals surface area contributed by atoms with Crippen LogP contribution >= 0.6 is 0 Å². The largest absolute Gasteiger partial charge is 0.487 e. The molecule has 0 unspecified atom stereocenters. The fraction of sp³-hybridized carbons (Fsp3) is 0.478. The van der Waals surface area contributed by atoms with E-state index >= 15 is 0 Å². The molecular weight excluding hydrogens is 385 g/mol. The Kier molecular flexibility index (Phi) is 4.75. The molecule has 2 heterocycles. The molecule has 158 valence electrons. The van der Waals surface area contributed by atoms with E-state index in [1.54, 1.807) is 6.07 Å². The first-order chi connectivity index (χ1) is 14.5. The molecule has 0 bridgehead atoms. The van der Waals surface area contributed by atoms with Gasteiger partial charge in [0, 0.05) is 23.6 Å². The minimum atomic E-state index is -1.04. The molecule has 5 rings (SSSR count). The number of fused-ring (bicyclic) bond motifs is 2. The monoisotopic (exact) mass is 411 g/mol. The molecule has 30 heavy (non-hydrogen) atoms. The fourth-order valence-corrected chi connectivity index (χ4v) is 5.13. The summed E-state index contributed by atoms with van der Waals surface area (Å²) in [4.78, 5) is 8.58. The maximum atomic E-state index is 14.4. The number of hydrogen-bond acceptors (Lipinski definition) is 5. The molecule has 1 aromatic carbocycles. The Labute approximate surface area is 174 Å². The summed E-state index contributed by atoms with van der Waals surface area (Å²) in [5.41, 5.74) is 3.22. The zero-order valence-corrected chi connectivity index (χ0v) is 17.1. The summed E-state index contributed by atoms with van der Waals surface area (Å²) in [5, 5.41) is 22.4. The minimum Gasteiger partial charge on any atom is -0.487 e. The zero-order chi connectivity index (χ0) is 21.0. The van der Waals surface area contributed by atoms with Crippen molar-refractivity contribution in [2.75, 3.05) is 0 Å². The van der Waals surface area contributed by atoms with Crippen LogP contribution in [0.3, 0.4) is 0 Å². The van der Waals surface area contributed by atoms with Crippen molar-refractivity contribution in [1.29, 1.82) is 0 Å². The van der Waals surface area contributed by atoms with Gasteiger partial charge < -0.3 is 19.5 Å². The molecule has 2 aromatic heterocycles. The molecule has 0 saturated heterocycles. The Morgan fingerprint density at radius 3 is 2.83 bits per heavy atom. The van der Waals surface area contributed by atoms with Crippen molar-refractivity contribution in [2.24, 2.45) is 0 Å². The fourth-order valence-electron chi connectivity index (χ4n) is 5.13.